The number of nitrogens with zero attached hydrogens (tertiary/aromatic N) is 2. The molecular formula is C26H44N2O4S. The van der Waals surface area contributed by atoms with Crippen LogP contribution in [0.2, 0.25) is 0 Å². The fourth-order valence-corrected chi connectivity index (χ4v) is 9.99. The highest BCUT2D eigenvalue weighted by atomic mass is 32.2. The summed E-state index contributed by atoms with van der Waals surface area (Å²) in [6.45, 7) is 7.24. The Labute approximate surface area is 200 Å². The Morgan fingerprint density at radius 3 is 2.30 bits per heavy atom. The number of sulfonamides is 1. The highest BCUT2D eigenvalue weighted by molar-refractivity contribution is 7.88. The van der Waals surface area contributed by atoms with Gasteiger partial charge in [-0.15, -0.1) is 0 Å². The van der Waals surface area contributed by atoms with Crippen molar-refractivity contribution in [3.8, 4) is 0 Å². The van der Waals surface area contributed by atoms with Crippen molar-refractivity contribution < 1.29 is 18.3 Å². The van der Waals surface area contributed by atoms with Gasteiger partial charge in [-0.25, -0.2) is 8.42 Å². The molecule has 188 valence electrons. The first kappa shape index (κ1) is 24.2. The van der Waals surface area contributed by atoms with Crippen molar-refractivity contribution in [2.75, 3.05) is 39.0 Å². The molecule has 0 aromatic carbocycles. The second-order valence-corrected chi connectivity index (χ2v) is 14.7. The monoisotopic (exact) mass is 480 g/mol. The van der Waals surface area contributed by atoms with Crippen LogP contribution in [0.15, 0.2) is 0 Å². The lowest BCUT2D eigenvalue weighted by molar-refractivity contribution is -0.133. The summed E-state index contributed by atoms with van der Waals surface area (Å²) in [7, 11) is -3.14. The van der Waals surface area contributed by atoms with Crippen LogP contribution in [-0.2, 0) is 14.8 Å². The minimum Gasteiger partial charge on any atom is -0.390 e. The summed E-state index contributed by atoms with van der Waals surface area (Å²) in [5.41, 5.74) is -0.325. The second kappa shape index (κ2) is 8.56. The van der Waals surface area contributed by atoms with Gasteiger partial charge in [-0.05, 0) is 99.7 Å². The molecule has 5 fully saturated rings. The van der Waals surface area contributed by atoms with Gasteiger partial charge in [0, 0.05) is 32.1 Å². The standard InChI is InChI=1S/C26H44N2O4S/c1-25(30)10-8-19-18(16-25)4-5-21-20(19)9-11-26(2)22(21)6-7-23(26)24(29)17-27-12-14-28(15-13-27)33(3,31)32/h18-23,30H,4-17H2,1-3H3/t18-,19+,20-,21-,22+,23+,25-,26+/m1/s1. The molecule has 1 N–H and O–H groups in total. The van der Waals surface area contributed by atoms with Crippen molar-refractivity contribution >= 4 is 15.8 Å². The van der Waals surface area contributed by atoms with Crippen LogP contribution in [0.25, 0.3) is 0 Å². The molecule has 0 aromatic heterocycles. The number of ketones is 1. The molecule has 1 heterocycles. The number of rotatable bonds is 4. The van der Waals surface area contributed by atoms with Crippen LogP contribution < -0.4 is 0 Å². The molecule has 0 bridgehead atoms. The van der Waals surface area contributed by atoms with Gasteiger partial charge >= 0.3 is 0 Å². The lowest BCUT2D eigenvalue weighted by atomic mass is 9.49. The van der Waals surface area contributed by atoms with E-state index >= 15 is 0 Å². The van der Waals surface area contributed by atoms with Crippen molar-refractivity contribution in [3.05, 3.63) is 0 Å². The third-order valence-corrected chi connectivity index (χ3v) is 12.1. The molecule has 8 atom stereocenters. The Hall–Kier alpha value is -0.500. The van der Waals surface area contributed by atoms with E-state index in [9.17, 15) is 18.3 Å². The number of Topliss-reactive ketones (excluding diaryl/α,β-unsaturated/α-hetero) is 1. The zero-order valence-corrected chi connectivity index (χ0v) is 21.7. The quantitative estimate of drug-likeness (QED) is 0.669. The number of piperazine rings is 1. The normalized spacial score (nSPS) is 46.9. The average Bonchev–Trinajstić information content (AvgIpc) is 3.10. The molecule has 4 aliphatic carbocycles. The van der Waals surface area contributed by atoms with Gasteiger partial charge in [0.25, 0.3) is 0 Å². The third-order valence-electron chi connectivity index (χ3n) is 10.8. The van der Waals surface area contributed by atoms with E-state index < -0.39 is 15.6 Å². The highest BCUT2D eigenvalue weighted by Crippen LogP contribution is 2.64. The number of fused-ring (bicyclic) bond motifs is 5. The molecular weight excluding hydrogens is 436 g/mol. The summed E-state index contributed by atoms with van der Waals surface area (Å²) in [6, 6.07) is 0. The number of aliphatic hydroxyl groups is 1. The molecule has 0 spiro atoms. The molecule has 7 heteroatoms. The fraction of sp³-hybridized carbons (Fsp3) is 0.962. The van der Waals surface area contributed by atoms with Crippen molar-refractivity contribution in [2.45, 2.75) is 77.2 Å². The molecule has 0 aromatic rings. The molecule has 1 aliphatic heterocycles. The largest absolute Gasteiger partial charge is 0.390 e. The summed E-state index contributed by atoms with van der Waals surface area (Å²) in [4.78, 5) is 15.7. The van der Waals surface area contributed by atoms with Crippen LogP contribution in [0.4, 0.5) is 0 Å². The SMILES string of the molecule is C[C@@]1(O)CC[C@H]2[C@H](CC[C@@H]3[C@@H]2CC[C@]2(C)[C@H](C(=O)CN4CCN(S(C)(=O)=O)CC4)CC[C@@H]32)C1. The molecule has 5 rings (SSSR count). The predicted octanol–water partition coefficient (Wildman–Crippen LogP) is 3.15. The van der Waals surface area contributed by atoms with Gasteiger partial charge in [0.1, 0.15) is 5.78 Å². The minimum absolute atomic E-state index is 0.139. The molecule has 0 unspecified atom stereocenters. The van der Waals surface area contributed by atoms with Gasteiger partial charge in [-0.3, -0.25) is 9.69 Å². The van der Waals surface area contributed by atoms with E-state index in [1.54, 1.807) is 0 Å². The maximum absolute atomic E-state index is 13.5. The van der Waals surface area contributed by atoms with Gasteiger partial charge in [-0.1, -0.05) is 6.92 Å². The Bertz CT molecular complexity index is 866. The Morgan fingerprint density at radius 1 is 0.909 bits per heavy atom. The van der Waals surface area contributed by atoms with Crippen LogP contribution >= 0.6 is 0 Å². The van der Waals surface area contributed by atoms with E-state index in [1.165, 1.54) is 49.1 Å². The van der Waals surface area contributed by atoms with Crippen molar-refractivity contribution in [2.24, 2.45) is 40.9 Å². The molecule has 0 amide bonds. The summed E-state index contributed by atoms with van der Waals surface area (Å²) in [6.07, 6.45) is 11.6. The van der Waals surface area contributed by atoms with E-state index in [-0.39, 0.29) is 11.3 Å². The van der Waals surface area contributed by atoms with Crippen LogP contribution in [0, 0.1) is 40.9 Å². The van der Waals surface area contributed by atoms with E-state index in [0.717, 1.165) is 37.0 Å². The Morgan fingerprint density at radius 2 is 1.61 bits per heavy atom. The van der Waals surface area contributed by atoms with E-state index in [4.69, 9.17) is 0 Å². The van der Waals surface area contributed by atoms with E-state index in [1.807, 2.05) is 6.92 Å². The maximum atomic E-state index is 13.5. The third kappa shape index (κ3) is 4.45. The number of carbonyl (C=O) groups is 1. The van der Waals surface area contributed by atoms with E-state index in [0.29, 0.717) is 50.3 Å². The molecule has 0 radical (unpaired) electrons. The average molecular weight is 481 g/mol. The number of carbonyl (C=O) groups excluding carboxylic acids is 1. The van der Waals surface area contributed by atoms with Crippen molar-refractivity contribution in [1.82, 2.24) is 9.21 Å². The van der Waals surface area contributed by atoms with Crippen LogP contribution in [-0.4, -0.2) is 73.1 Å². The lowest BCUT2D eigenvalue weighted by Gasteiger charge is -2.57. The first-order chi connectivity index (χ1) is 15.5. The first-order valence-corrected chi connectivity index (χ1v) is 15.3. The van der Waals surface area contributed by atoms with Crippen LogP contribution in [0.1, 0.15) is 71.6 Å². The summed E-state index contributed by atoms with van der Waals surface area (Å²) >= 11 is 0. The van der Waals surface area contributed by atoms with Crippen LogP contribution in [0.3, 0.4) is 0 Å². The lowest BCUT2D eigenvalue weighted by Crippen LogP contribution is -2.52. The van der Waals surface area contributed by atoms with Gasteiger partial charge < -0.3 is 5.11 Å². The molecule has 1 saturated heterocycles. The van der Waals surface area contributed by atoms with Gasteiger partial charge in [0.2, 0.25) is 10.0 Å². The van der Waals surface area contributed by atoms with Crippen molar-refractivity contribution in [3.63, 3.8) is 0 Å². The Kier molecular flexibility index (Phi) is 6.28. The smallest absolute Gasteiger partial charge is 0.211 e. The maximum Gasteiger partial charge on any atom is 0.211 e. The van der Waals surface area contributed by atoms with Crippen molar-refractivity contribution in [1.29, 1.82) is 0 Å². The topological polar surface area (TPSA) is 77.9 Å². The molecule has 5 aliphatic rings. The van der Waals surface area contributed by atoms with Crippen LogP contribution in [0.5, 0.6) is 0 Å². The molecule has 33 heavy (non-hydrogen) atoms. The summed E-state index contributed by atoms with van der Waals surface area (Å²) < 4.78 is 25.1. The highest BCUT2D eigenvalue weighted by Gasteiger charge is 2.58. The zero-order valence-electron chi connectivity index (χ0n) is 20.8. The minimum atomic E-state index is -3.14. The molecule has 6 nitrogen and oxygen atoms in total. The first-order valence-electron chi connectivity index (χ1n) is 13.4. The summed E-state index contributed by atoms with van der Waals surface area (Å²) in [5.74, 6) is 4.30. The number of hydrogen-bond acceptors (Lipinski definition) is 5. The van der Waals surface area contributed by atoms with Gasteiger partial charge in [-0.2, -0.15) is 4.31 Å². The number of hydrogen-bond donors (Lipinski definition) is 1. The van der Waals surface area contributed by atoms with E-state index in [2.05, 4.69) is 11.8 Å². The fourth-order valence-electron chi connectivity index (χ4n) is 9.16. The Balaban J connectivity index is 1.22. The van der Waals surface area contributed by atoms with Gasteiger partial charge in [0.15, 0.2) is 0 Å². The second-order valence-electron chi connectivity index (χ2n) is 12.8. The van der Waals surface area contributed by atoms with Gasteiger partial charge in [0.05, 0.1) is 18.4 Å². The molecule has 4 saturated carbocycles. The zero-order chi connectivity index (χ0) is 23.6. The summed E-state index contributed by atoms with van der Waals surface area (Å²) in [5, 5.41) is 10.6. The predicted molar refractivity (Wildman–Crippen MR) is 129 cm³/mol.